The maximum Gasteiger partial charge on any atom is 0.417 e. The number of halogens is 5. The van der Waals surface area contributed by atoms with E-state index in [4.69, 9.17) is 5.26 Å². The number of hydrogen-bond acceptors (Lipinski definition) is 4. The monoisotopic (exact) mass is 587 g/mol. The van der Waals surface area contributed by atoms with E-state index in [1.807, 2.05) is 6.07 Å². The van der Waals surface area contributed by atoms with E-state index in [1.54, 1.807) is 28.8 Å². The molecule has 0 saturated carbocycles. The first-order valence-electron chi connectivity index (χ1n) is 13.0. The van der Waals surface area contributed by atoms with Crippen LogP contribution in [0.25, 0.3) is 11.1 Å². The average Bonchev–Trinajstić information content (AvgIpc) is 3.44. The lowest BCUT2D eigenvalue weighted by atomic mass is 9.97. The summed E-state index contributed by atoms with van der Waals surface area (Å²) in [7, 11) is 0. The number of nitrogens with zero attached hydrogens (tertiary/aromatic N) is 5. The molecule has 0 aliphatic rings. The topological polar surface area (TPSA) is 74.8 Å². The zero-order valence-corrected chi connectivity index (χ0v) is 22.4. The lowest BCUT2D eigenvalue weighted by molar-refractivity contribution is -0.137. The molecule has 0 bridgehead atoms. The minimum atomic E-state index is -4.61. The van der Waals surface area contributed by atoms with E-state index < -0.39 is 29.3 Å². The van der Waals surface area contributed by atoms with Crippen LogP contribution >= 0.6 is 0 Å². The average molecular weight is 588 g/mol. The quantitative estimate of drug-likeness (QED) is 0.183. The van der Waals surface area contributed by atoms with Crippen molar-refractivity contribution in [1.82, 2.24) is 19.7 Å². The first-order valence-corrected chi connectivity index (χ1v) is 13.0. The molecule has 0 aliphatic heterocycles. The van der Waals surface area contributed by atoms with Gasteiger partial charge in [0.25, 0.3) is 5.91 Å². The highest BCUT2D eigenvalue weighted by atomic mass is 19.4. The molecule has 0 aliphatic carbocycles. The molecule has 1 aromatic heterocycles. The molecule has 43 heavy (non-hydrogen) atoms. The van der Waals surface area contributed by atoms with Crippen LogP contribution in [0.4, 0.5) is 22.0 Å². The first kappa shape index (κ1) is 29.1. The molecule has 5 aromatic rings. The van der Waals surface area contributed by atoms with Crippen molar-refractivity contribution in [3.05, 3.63) is 143 Å². The van der Waals surface area contributed by atoms with Crippen molar-refractivity contribution < 1.29 is 26.7 Å². The molecule has 0 N–H and O–H groups in total. The van der Waals surface area contributed by atoms with E-state index in [1.165, 1.54) is 59.8 Å². The standard InChI is InChI=1S/C32H22F5N5O/c33-26-13-12-25(29(34)15-26)18-41(19-30-40-39-20-42(30)17-22-10-8-21(16-38)9-11-22)31(43)24-5-3-4-23(14-24)27-6-1-2-7-28(27)32(35,36)37/h1-15,20H,17-19H2. The third-order valence-electron chi connectivity index (χ3n) is 6.78. The molecule has 0 fully saturated rings. The molecule has 11 heteroatoms. The first-order chi connectivity index (χ1) is 20.6. The number of hydrogen-bond donors (Lipinski definition) is 0. The zero-order valence-electron chi connectivity index (χ0n) is 22.4. The smallest absolute Gasteiger partial charge is 0.327 e. The number of rotatable bonds is 8. The Labute approximate surface area is 243 Å². The second kappa shape index (κ2) is 12.2. The largest absolute Gasteiger partial charge is 0.417 e. The van der Waals surface area contributed by atoms with Crippen LogP contribution in [-0.2, 0) is 25.8 Å². The Kier molecular flexibility index (Phi) is 8.29. The van der Waals surface area contributed by atoms with Gasteiger partial charge in [0, 0.05) is 23.7 Å². The summed E-state index contributed by atoms with van der Waals surface area (Å²) in [5.74, 6) is -1.90. The minimum Gasteiger partial charge on any atom is -0.327 e. The van der Waals surface area contributed by atoms with Crippen LogP contribution in [0.1, 0.15) is 38.4 Å². The van der Waals surface area contributed by atoms with Crippen LogP contribution in [0.2, 0.25) is 0 Å². The van der Waals surface area contributed by atoms with Gasteiger partial charge in [-0.05, 0) is 53.1 Å². The summed E-state index contributed by atoms with van der Waals surface area (Å²) in [6.07, 6.45) is -3.15. The molecule has 216 valence electrons. The molecule has 6 nitrogen and oxygen atoms in total. The fourth-order valence-corrected chi connectivity index (χ4v) is 4.62. The molecule has 0 unspecified atom stereocenters. The fraction of sp³-hybridized carbons (Fsp3) is 0.125. The summed E-state index contributed by atoms with van der Waals surface area (Å²) in [6.45, 7) is -0.113. The summed E-state index contributed by atoms with van der Waals surface area (Å²) in [5.41, 5.74) is 0.658. The van der Waals surface area contributed by atoms with Crippen molar-refractivity contribution in [2.75, 3.05) is 0 Å². The van der Waals surface area contributed by atoms with Crippen LogP contribution in [0, 0.1) is 23.0 Å². The molecular weight excluding hydrogens is 565 g/mol. The highest BCUT2D eigenvalue weighted by molar-refractivity contribution is 5.95. The van der Waals surface area contributed by atoms with Crippen molar-refractivity contribution in [1.29, 1.82) is 5.26 Å². The van der Waals surface area contributed by atoms with Gasteiger partial charge in [0.05, 0.1) is 30.3 Å². The summed E-state index contributed by atoms with van der Waals surface area (Å²) in [6, 6.07) is 22.7. The summed E-state index contributed by atoms with van der Waals surface area (Å²) in [5, 5.41) is 17.1. The zero-order chi connectivity index (χ0) is 30.6. The number of carbonyl (C=O) groups is 1. The van der Waals surface area contributed by atoms with Crippen LogP contribution in [0.15, 0.2) is 97.3 Å². The van der Waals surface area contributed by atoms with E-state index >= 15 is 0 Å². The number of aromatic nitrogens is 3. The molecule has 0 spiro atoms. The van der Waals surface area contributed by atoms with Crippen molar-refractivity contribution in [3.8, 4) is 17.2 Å². The maximum atomic E-state index is 14.7. The Balaban J connectivity index is 1.49. The van der Waals surface area contributed by atoms with Gasteiger partial charge in [-0.1, -0.05) is 48.5 Å². The molecule has 1 amide bonds. The molecule has 5 rings (SSSR count). The number of amides is 1. The molecule has 0 saturated heterocycles. The Morgan fingerprint density at radius 2 is 1.67 bits per heavy atom. The van der Waals surface area contributed by atoms with Gasteiger partial charge in [0.15, 0.2) is 5.82 Å². The van der Waals surface area contributed by atoms with Gasteiger partial charge in [-0.3, -0.25) is 4.79 Å². The second-order valence-electron chi connectivity index (χ2n) is 9.70. The highest BCUT2D eigenvalue weighted by Gasteiger charge is 2.33. The predicted octanol–water partition coefficient (Wildman–Crippen LogP) is 7.00. The predicted molar refractivity (Wildman–Crippen MR) is 147 cm³/mol. The number of nitriles is 1. The van der Waals surface area contributed by atoms with Crippen molar-refractivity contribution in [2.45, 2.75) is 25.8 Å². The van der Waals surface area contributed by atoms with Gasteiger partial charge >= 0.3 is 6.18 Å². The van der Waals surface area contributed by atoms with Crippen LogP contribution < -0.4 is 0 Å². The molecule has 4 aromatic carbocycles. The van der Waals surface area contributed by atoms with E-state index in [0.29, 0.717) is 24.0 Å². The third-order valence-corrected chi connectivity index (χ3v) is 6.78. The minimum absolute atomic E-state index is 0.0338. The fourth-order valence-electron chi connectivity index (χ4n) is 4.62. The van der Waals surface area contributed by atoms with Crippen LogP contribution in [0.3, 0.4) is 0 Å². The Bertz CT molecular complexity index is 1810. The molecular formula is C32H22F5N5O. The summed E-state index contributed by atoms with van der Waals surface area (Å²) in [4.78, 5) is 15.1. The van der Waals surface area contributed by atoms with Gasteiger partial charge in [-0.2, -0.15) is 18.4 Å². The summed E-state index contributed by atoms with van der Waals surface area (Å²) >= 11 is 0. The van der Waals surface area contributed by atoms with E-state index in [2.05, 4.69) is 10.2 Å². The van der Waals surface area contributed by atoms with Crippen molar-refractivity contribution in [3.63, 3.8) is 0 Å². The van der Waals surface area contributed by atoms with Gasteiger partial charge in [-0.15, -0.1) is 10.2 Å². The Hall–Kier alpha value is -5.37. The Morgan fingerprint density at radius 3 is 2.40 bits per heavy atom. The van der Waals surface area contributed by atoms with Crippen molar-refractivity contribution >= 4 is 5.91 Å². The van der Waals surface area contributed by atoms with Crippen LogP contribution in [0.5, 0.6) is 0 Å². The molecule has 0 atom stereocenters. The highest BCUT2D eigenvalue weighted by Crippen LogP contribution is 2.37. The summed E-state index contributed by atoms with van der Waals surface area (Å²) < 4.78 is 71.1. The lowest BCUT2D eigenvalue weighted by Gasteiger charge is -2.24. The normalized spacial score (nSPS) is 11.3. The van der Waals surface area contributed by atoms with Crippen LogP contribution in [-0.4, -0.2) is 25.6 Å². The van der Waals surface area contributed by atoms with Gasteiger partial charge < -0.3 is 9.47 Å². The number of alkyl halides is 3. The maximum absolute atomic E-state index is 14.7. The SMILES string of the molecule is N#Cc1ccc(Cn2cnnc2CN(Cc2ccc(F)cc2F)C(=O)c2cccc(-c3ccccc3C(F)(F)F)c2)cc1. The number of carbonyl (C=O) groups excluding carboxylic acids is 1. The van der Waals surface area contributed by atoms with E-state index in [0.717, 1.165) is 17.7 Å². The third kappa shape index (κ3) is 6.76. The molecule has 0 radical (unpaired) electrons. The number of benzene rings is 4. The lowest BCUT2D eigenvalue weighted by Crippen LogP contribution is -2.32. The van der Waals surface area contributed by atoms with E-state index in [-0.39, 0.29) is 35.3 Å². The Morgan fingerprint density at radius 1 is 0.907 bits per heavy atom. The second-order valence-corrected chi connectivity index (χ2v) is 9.70. The van der Waals surface area contributed by atoms with Gasteiger partial charge in [0.2, 0.25) is 0 Å². The van der Waals surface area contributed by atoms with E-state index in [9.17, 15) is 26.7 Å². The van der Waals surface area contributed by atoms with Crippen molar-refractivity contribution in [2.24, 2.45) is 0 Å². The molecule has 1 heterocycles. The van der Waals surface area contributed by atoms with Gasteiger partial charge in [0.1, 0.15) is 18.0 Å². The van der Waals surface area contributed by atoms with Gasteiger partial charge in [-0.25, -0.2) is 8.78 Å².